The van der Waals surface area contributed by atoms with Crippen LogP contribution in [-0.2, 0) is 0 Å². The summed E-state index contributed by atoms with van der Waals surface area (Å²) in [4.78, 5) is 6.52. The summed E-state index contributed by atoms with van der Waals surface area (Å²) in [5, 5.41) is 0. The van der Waals surface area contributed by atoms with E-state index in [1.807, 2.05) is 20.9 Å². The lowest BCUT2D eigenvalue weighted by atomic mass is 10.1. The maximum Gasteiger partial charge on any atom is 0.0954 e. The van der Waals surface area contributed by atoms with Crippen molar-refractivity contribution in [3.63, 3.8) is 0 Å². The largest absolute Gasteiger partial charge is 0.361 e. The van der Waals surface area contributed by atoms with Crippen molar-refractivity contribution in [1.82, 2.24) is 4.90 Å². The van der Waals surface area contributed by atoms with Crippen molar-refractivity contribution in [2.45, 2.75) is 40.0 Å². The number of likely N-dealkylation sites (tertiary alicyclic amines) is 1. The minimum Gasteiger partial charge on any atom is -0.361 e. The molecule has 1 rings (SSSR count). The fourth-order valence-corrected chi connectivity index (χ4v) is 1.36. The molecule has 1 aliphatic heterocycles. The van der Waals surface area contributed by atoms with E-state index in [1.54, 1.807) is 0 Å². The quantitative estimate of drug-likeness (QED) is 0.403. The van der Waals surface area contributed by atoms with E-state index < -0.39 is 0 Å². The monoisotopic (exact) mass is 170 g/mol. The third kappa shape index (κ3) is 3.74. The van der Waals surface area contributed by atoms with Crippen LogP contribution in [0.5, 0.6) is 0 Å². The van der Waals surface area contributed by atoms with Crippen LogP contribution in [0.3, 0.4) is 0 Å². The zero-order valence-electron chi connectivity index (χ0n) is 8.93. The second kappa shape index (κ2) is 7.14. The third-order valence-corrected chi connectivity index (χ3v) is 2.14. The summed E-state index contributed by atoms with van der Waals surface area (Å²) in [5.74, 6) is 1.19. The maximum absolute atomic E-state index is 4.15. The van der Waals surface area contributed by atoms with Gasteiger partial charge in [0.05, 0.1) is 5.84 Å². The lowest BCUT2D eigenvalue weighted by Gasteiger charge is -2.27. The Morgan fingerprint density at radius 2 is 1.58 bits per heavy atom. The number of aliphatic imine (C=N–C) groups is 1. The van der Waals surface area contributed by atoms with Gasteiger partial charge in [0.25, 0.3) is 0 Å². The summed E-state index contributed by atoms with van der Waals surface area (Å²) < 4.78 is 0. The molecular weight excluding hydrogens is 148 g/mol. The number of hydrogen-bond donors (Lipinski definition) is 0. The molecule has 1 fully saturated rings. The molecule has 12 heavy (non-hydrogen) atoms. The molecule has 0 aliphatic carbocycles. The van der Waals surface area contributed by atoms with Crippen LogP contribution >= 0.6 is 0 Å². The fourth-order valence-electron chi connectivity index (χ4n) is 1.36. The van der Waals surface area contributed by atoms with Gasteiger partial charge in [0.2, 0.25) is 0 Å². The van der Waals surface area contributed by atoms with Crippen molar-refractivity contribution in [3.8, 4) is 0 Å². The van der Waals surface area contributed by atoms with Gasteiger partial charge in [-0.15, -0.1) is 0 Å². The highest BCUT2D eigenvalue weighted by molar-refractivity contribution is 5.79. The Morgan fingerprint density at radius 1 is 1.08 bits per heavy atom. The highest BCUT2D eigenvalue weighted by Gasteiger charge is 2.09. The first-order valence-electron chi connectivity index (χ1n) is 5.03. The van der Waals surface area contributed by atoms with Gasteiger partial charge in [0, 0.05) is 20.1 Å². The van der Waals surface area contributed by atoms with Crippen molar-refractivity contribution < 1.29 is 0 Å². The van der Waals surface area contributed by atoms with E-state index in [2.05, 4.69) is 16.8 Å². The van der Waals surface area contributed by atoms with Crippen LogP contribution in [0, 0.1) is 0 Å². The molecule has 2 heteroatoms. The summed E-state index contributed by atoms with van der Waals surface area (Å²) >= 11 is 0. The van der Waals surface area contributed by atoms with E-state index in [-0.39, 0.29) is 0 Å². The van der Waals surface area contributed by atoms with Crippen molar-refractivity contribution >= 4 is 5.84 Å². The average Bonchev–Trinajstić information content (AvgIpc) is 2.21. The fraction of sp³-hybridized carbons (Fsp3) is 0.900. The topological polar surface area (TPSA) is 15.6 Å². The molecular formula is C10H22N2. The molecule has 0 bridgehead atoms. The molecule has 0 saturated carbocycles. The van der Waals surface area contributed by atoms with E-state index in [9.17, 15) is 0 Å². The molecule has 0 N–H and O–H groups in total. The predicted octanol–water partition coefficient (Wildman–Crippen LogP) is 2.55. The van der Waals surface area contributed by atoms with Crippen molar-refractivity contribution in [2.24, 2.45) is 4.99 Å². The molecule has 1 heterocycles. The smallest absolute Gasteiger partial charge is 0.0954 e. The van der Waals surface area contributed by atoms with Gasteiger partial charge in [-0.1, -0.05) is 13.8 Å². The van der Waals surface area contributed by atoms with Gasteiger partial charge in [-0.3, -0.25) is 4.99 Å². The maximum atomic E-state index is 4.15. The van der Waals surface area contributed by atoms with Gasteiger partial charge in [0.1, 0.15) is 0 Å². The number of piperidine rings is 1. The zero-order valence-corrected chi connectivity index (χ0v) is 8.93. The van der Waals surface area contributed by atoms with E-state index in [1.165, 1.54) is 38.2 Å². The van der Waals surface area contributed by atoms with Gasteiger partial charge < -0.3 is 4.90 Å². The Labute approximate surface area is 76.7 Å². The van der Waals surface area contributed by atoms with Gasteiger partial charge in [-0.05, 0) is 26.2 Å². The van der Waals surface area contributed by atoms with Gasteiger partial charge in [-0.25, -0.2) is 0 Å². The van der Waals surface area contributed by atoms with Crippen LogP contribution in [0.15, 0.2) is 4.99 Å². The molecule has 0 radical (unpaired) electrons. The van der Waals surface area contributed by atoms with E-state index in [4.69, 9.17) is 0 Å². The third-order valence-electron chi connectivity index (χ3n) is 2.14. The molecule has 0 unspecified atom stereocenters. The first-order chi connectivity index (χ1) is 5.84. The van der Waals surface area contributed by atoms with E-state index in [0.717, 1.165) is 0 Å². The van der Waals surface area contributed by atoms with Gasteiger partial charge >= 0.3 is 0 Å². The van der Waals surface area contributed by atoms with Crippen LogP contribution < -0.4 is 0 Å². The number of nitrogens with zero attached hydrogens (tertiary/aromatic N) is 2. The Balaban J connectivity index is 0.000000561. The average molecular weight is 170 g/mol. The molecule has 72 valence electrons. The molecule has 1 saturated heterocycles. The minimum atomic E-state index is 1.19. The van der Waals surface area contributed by atoms with Crippen LogP contribution in [0.2, 0.25) is 0 Å². The Bertz CT molecular complexity index is 124. The molecule has 0 spiro atoms. The normalized spacial score (nSPS) is 18.3. The van der Waals surface area contributed by atoms with Crippen LogP contribution in [0.25, 0.3) is 0 Å². The second-order valence-electron chi connectivity index (χ2n) is 2.82. The highest BCUT2D eigenvalue weighted by atomic mass is 15.2. The van der Waals surface area contributed by atoms with Crippen molar-refractivity contribution in [2.75, 3.05) is 20.1 Å². The number of amidine groups is 1. The molecule has 0 aromatic rings. The summed E-state index contributed by atoms with van der Waals surface area (Å²) in [6.07, 6.45) is 4.08. The lowest BCUT2D eigenvalue weighted by Crippen LogP contribution is -2.33. The predicted molar refractivity (Wildman–Crippen MR) is 55.8 cm³/mol. The summed E-state index contributed by atoms with van der Waals surface area (Å²) in [6, 6.07) is 0. The van der Waals surface area contributed by atoms with Gasteiger partial charge in [-0.2, -0.15) is 0 Å². The molecule has 0 amide bonds. The van der Waals surface area contributed by atoms with Crippen LogP contribution in [0.4, 0.5) is 0 Å². The molecule has 0 aromatic carbocycles. The summed E-state index contributed by atoms with van der Waals surface area (Å²) in [5.41, 5.74) is 0. The molecule has 2 nitrogen and oxygen atoms in total. The number of hydrogen-bond acceptors (Lipinski definition) is 1. The van der Waals surface area contributed by atoms with Gasteiger partial charge in [0.15, 0.2) is 0 Å². The molecule has 0 atom stereocenters. The first-order valence-corrected chi connectivity index (χ1v) is 5.03. The number of rotatable bonds is 0. The van der Waals surface area contributed by atoms with Crippen LogP contribution in [0.1, 0.15) is 40.0 Å². The Morgan fingerprint density at radius 3 is 2.00 bits per heavy atom. The standard InChI is InChI=1S/C8H16N2.C2H6/c1-8(9-2)10-6-4-3-5-7-10;1-2/h3-7H2,1-2H3;1-2H3. The second-order valence-corrected chi connectivity index (χ2v) is 2.82. The summed E-state index contributed by atoms with van der Waals surface area (Å²) in [6.45, 7) is 8.51. The first kappa shape index (κ1) is 11.5. The van der Waals surface area contributed by atoms with E-state index >= 15 is 0 Å². The molecule has 1 aliphatic rings. The lowest BCUT2D eigenvalue weighted by molar-refractivity contribution is 0.340. The highest BCUT2D eigenvalue weighted by Crippen LogP contribution is 2.08. The SMILES string of the molecule is CC.CN=C(C)N1CCCCC1. The summed E-state index contributed by atoms with van der Waals surface area (Å²) in [7, 11) is 1.87. The van der Waals surface area contributed by atoms with E-state index in [0.29, 0.717) is 0 Å². The Hall–Kier alpha value is -0.530. The minimum absolute atomic E-state index is 1.19. The van der Waals surface area contributed by atoms with Crippen molar-refractivity contribution in [3.05, 3.63) is 0 Å². The zero-order chi connectivity index (χ0) is 9.40. The van der Waals surface area contributed by atoms with Crippen LogP contribution in [-0.4, -0.2) is 30.9 Å². The molecule has 0 aromatic heterocycles. The van der Waals surface area contributed by atoms with Crippen molar-refractivity contribution in [1.29, 1.82) is 0 Å². The Kier molecular flexibility index (Phi) is 6.82.